The molecule has 1 saturated heterocycles. The third-order valence-corrected chi connectivity index (χ3v) is 7.72. The van der Waals surface area contributed by atoms with Crippen molar-refractivity contribution in [2.75, 3.05) is 20.2 Å². The number of methoxy groups -OCH3 is 1. The minimum Gasteiger partial charge on any atom is -0.472 e. The van der Waals surface area contributed by atoms with E-state index in [4.69, 9.17) is 14.5 Å². The maximum atomic E-state index is 12.3. The molecule has 212 valence electrons. The van der Waals surface area contributed by atoms with Crippen LogP contribution in [0.4, 0.5) is 0 Å². The number of hydrogen-bond donors (Lipinski definition) is 0. The third kappa shape index (κ3) is 5.85. The number of aromatic nitrogens is 7. The van der Waals surface area contributed by atoms with E-state index >= 15 is 0 Å². The Balaban J connectivity index is 1.15. The van der Waals surface area contributed by atoms with E-state index in [-0.39, 0.29) is 5.97 Å². The molecule has 0 spiro atoms. The van der Waals surface area contributed by atoms with Crippen LogP contribution in [0.2, 0.25) is 0 Å². The Labute approximate surface area is 238 Å². The number of carbonyl (C=O) groups excluding carboxylic acids is 1. The molecule has 0 radical (unpaired) electrons. The van der Waals surface area contributed by atoms with Crippen molar-refractivity contribution in [3.05, 3.63) is 90.2 Å². The number of esters is 1. The summed E-state index contributed by atoms with van der Waals surface area (Å²) in [5, 5.41) is 4.69. The second-order valence-corrected chi connectivity index (χ2v) is 10.3. The number of aryl methyl sites for hydroxylation is 1. The zero-order valence-electron chi connectivity index (χ0n) is 23.4. The molecule has 0 N–H and O–H groups in total. The first kappa shape index (κ1) is 26.7. The lowest BCUT2D eigenvalue weighted by Crippen LogP contribution is -2.35. The van der Waals surface area contributed by atoms with Gasteiger partial charge in [-0.1, -0.05) is 0 Å². The van der Waals surface area contributed by atoms with Gasteiger partial charge in [0, 0.05) is 50.5 Å². The normalized spacial score (nSPS) is 14.5. The number of hydrogen-bond acceptors (Lipinski definition) is 8. The molecular formula is C30H34N8O3. The Morgan fingerprint density at radius 3 is 2.66 bits per heavy atom. The molecule has 11 nitrogen and oxygen atoms in total. The minimum absolute atomic E-state index is 0.324. The number of rotatable bonds is 10. The maximum absolute atomic E-state index is 12.3. The Bertz CT molecular complexity index is 1620. The predicted octanol–water partition coefficient (Wildman–Crippen LogP) is 4.10. The van der Waals surface area contributed by atoms with Crippen LogP contribution in [0.1, 0.15) is 53.2 Å². The van der Waals surface area contributed by atoms with E-state index in [0.717, 1.165) is 60.6 Å². The van der Waals surface area contributed by atoms with Crippen LogP contribution in [-0.2, 0) is 31.0 Å². The fourth-order valence-corrected chi connectivity index (χ4v) is 5.42. The van der Waals surface area contributed by atoms with Crippen LogP contribution in [0.3, 0.4) is 0 Å². The average Bonchev–Trinajstić information content (AvgIpc) is 3.76. The first-order valence-corrected chi connectivity index (χ1v) is 14.0. The van der Waals surface area contributed by atoms with Gasteiger partial charge in [0.2, 0.25) is 5.88 Å². The number of likely N-dealkylation sites (tertiary alicyclic amines) is 1. The fraction of sp³-hybridized carbons (Fsp3) is 0.367. The van der Waals surface area contributed by atoms with Gasteiger partial charge in [0.25, 0.3) is 0 Å². The Morgan fingerprint density at radius 2 is 1.88 bits per heavy atom. The number of fused-ring (bicyclic) bond motifs is 1. The highest BCUT2D eigenvalue weighted by Gasteiger charge is 2.24. The maximum Gasteiger partial charge on any atom is 0.337 e. The molecule has 1 aromatic carbocycles. The summed E-state index contributed by atoms with van der Waals surface area (Å²) < 4.78 is 17.2. The monoisotopic (exact) mass is 554 g/mol. The van der Waals surface area contributed by atoms with Crippen molar-refractivity contribution in [1.29, 1.82) is 0 Å². The van der Waals surface area contributed by atoms with E-state index in [1.54, 1.807) is 18.5 Å². The molecule has 0 amide bonds. The van der Waals surface area contributed by atoms with Crippen molar-refractivity contribution in [2.45, 2.75) is 52.0 Å². The highest BCUT2D eigenvalue weighted by molar-refractivity contribution is 5.93. The van der Waals surface area contributed by atoms with Gasteiger partial charge in [0.05, 0.1) is 54.9 Å². The zero-order chi connectivity index (χ0) is 28.2. The van der Waals surface area contributed by atoms with E-state index in [9.17, 15) is 4.79 Å². The molecule has 0 atom stereocenters. The molecule has 0 saturated carbocycles. The number of nitrogens with zero attached hydrogens (tertiary/aromatic N) is 8. The van der Waals surface area contributed by atoms with Crippen molar-refractivity contribution in [2.24, 2.45) is 0 Å². The van der Waals surface area contributed by atoms with Gasteiger partial charge in [-0.05, 0) is 55.7 Å². The highest BCUT2D eigenvalue weighted by atomic mass is 16.5. The largest absolute Gasteiger partial charge is 0.472 e. The summed E-state index contributed by atoms with van der Waals surface area (Å²) in [6.45, 7) is 6.61. The van der Waals surface area contributed by atoms with Gasteiger partial charge >= 0.3 is 5.97 Å². The Morgan fingerprint density at radius 1 is 1.05 bits per heavy atom. The van der Waals surface area contributed by atoms with E-state index in [2.05, 4.69) is 36.0 Å². The molecule has 0 bridgehead atoms. The van der Waals surface area contributed by atoms with Crippen molar-refractivity contribution in [1.82, 2.24) is 38.8 Å². The van der Waals surface area contributed by atoms with Crippen molar-refractivity contribution < 1.29 is 14.3 Å². The first-order valence-electron chi connectivity index (χ1n) is 14.0. The van der Waals surface area contributed by atoms with Crippen LogP contribution in [0.15, 0.2) is 67.5 Å². The van der Waals surface area contributed by atoms with Gasteiger partial charge in [0.15, 0.2) is 0 Å². The molecule has 1 aliphatic heterocycles. The van der Waals surface area contributed by atoms with Crippen molar-refractivity contribution in [3.8, 4) is 5.88 Å². The van der Waals surface area contributed by atoms with Crippen LogP contribution in [0.25, 0.3) is 11.0 Å². The summed E-state index contributed by atoms with van der Waals surface area (Å²) in [4.78, 5) is 28.1. The molecule has 5 aromatic rings. The van der Waals surface area contributed by atoms with Crippen LogP contribution in [0, 0.1) is 0 Å². The predicted molar refractivity (Wildman–Crippen MR) is 152 cm³/mol. The summed E-state index contributed by atoms with van der Waals surface area (Å²) in [5.74, 6) is 1.25. The lowest BCUT2D eigenvalue weighted by Gasteiger charge is -2.31. The summed E-state index contributed by atoms with van der Waals surface area (Å²) in [6.07, 6.45) is 11.3. The summed E-state index contributed by atoms with van der Waals surface area (Å²) in [5.41, 5.74) is 4.45. The van der Waals surface area contributed by atoms with E-state index in [1.165, 1.54) is 7.11 Å². The van der Waals surface area contributed by atoms with Crippen molar-refractivity contribution >= 4 is 17.0 Å². The molecule has 6 rings (SSSR count). The minimum atomic E-state index is -0.355. The van der Waals surface area contributed by atoms with Crippen molar-refractivity contribution in [3.63, 3.8) is 0 Å². The number of benzene rings is 1. The molecule has 4 aromatic heterocycles. The highest BCUT2D eigenvalue weighted by Crippen LogP contribution is 2.26. The Hall–Kier alpha value is -4.51. The molecule has 41 heavy (non-hydrogen) atoms. The van der Waals surface area contributed by atoms with Gasteiger partial charge in [-0.3, -0.25) is 14.6 Å². The molecule has 11 heteroatoms. The number of carbonyl (C=O) groups is 1. The average molecular weight is 555 g/mol. The summed E-state index contributed by atoms with van der Waals surface area (Å²) in [7, 11) is 1.40. The van der Waals surface area contributed by atoms with Gasteiger partial charge in [0.1, 0.15) is 12.4 Å². The third-order valence-electron chi connectivity index (χ3n) is 7.72. The van der Waals surface area contributed by atoms with Crippen LogP contribution >= 0.6 is 0 Å². The van der Waals surface area contributed by atoms with Gasteiger partial charge in [-0.25, -0.2) is 14.8 Å². The number of piperidine rings is 1. The zero-order valence-corrected chi connectivity index (χ0v) is 23.4. The lowest BCUT2D eigenvalue weighted by molar-refractivity contribution is 0.0601. The second-order valence-electron chi connectivity index (χ2n) is 10.3. The van der Waals surface area contributed by atoms with Gasteiger partial charge in [-0.15, -0.1) is 5.10 Å². The second kappa shape index (κ2) is 11.9. The summed E-state index contributed by atoms with van der Waals surface area (Å²) >= 11 is 0. The number of pyridine rings is 1. The smallest absolute Gasteiger partial charge is 0.337 e. The molecule has 1 fully saturated rings. The lowest BCUT2D eigenvalue weighted by atomic mass is 10.1. The number of imidazole rings is 2. The van der Waals surface area contributed by atoms with Crippen LogP contribution in [-0.4, -0.2) is 64.9 Å². The van der Waals surface area contributed by atoms with Gasteiger partial charge < -0.3 is 18.6 Å². The standard InChI is InChI=1S/C30H34N8O3/c1-3-36-21-32-17-25(36)18-37-27-16-23(30(39)40-2)4-5-26(27)33-28(37)19-35-13-8-24(9-14-35)38-15-10-29(34-38)41-20-22-6-11-31-12-7-22/h4-7,10-12,15-17,21,24H,3,8-9,13-14,18-20H2,1-2H3. The SMILES string of the molecule is CCn1cncc1Cn1c(CN2CCC(n3ccc(OCc4ccncc4)n3)CC2)nc2ccc(C(=O)OC)cc21. The molecule has 0 aliphatic carbocycles. The van der Waals surface area contributed by atoms with E-state index in [0.29, 0.717) is 37.2 Å². The molecule has 1 aliphatic rings. The number of ether oxygens (including phenoxy) is 2. The van der Waals surface area contributed by atoms with Crippen LogP contribution in [0.5, 0.6) is 5.88 Å². The first-order chi connectivity index (χ1) is 20.1. The fourth-order valence-electron chi connectivity index (χ4n) is 5.42. The Kier molecular flexibility index (Phi) is 7.77. The summed E-state index contributed by atoms with van der Waals surface area (Å²) in [6, 6.07) is 11.7. The van der Waals surface area contributed by atoms with E-state index < -0.39 is 0 Å². The van der Waals surface area contributed by atoms with Crippen LogP contribution < -0.4 is 4.74 Å². The molecule has 5 heterocycles. The molecule has 0 unspecified atom stereocenters. The van der Waals surface area contributed by atoms with Gasteiger partial charge in [-0.2, -0.15) is 0 Å². The molecular weight excluding hydrogens is 520 g/mol. The topological polar surface area (TPSA) is 105 Å². The quantitative estimate of drug-likeness (QED) is 0.238. The van der Waals surface area contributed by atoms with E-state index in [1.807, 2.05) is 53.7 Å².